The van der Waals surface area contributed by atoms with Gasteiger partial charge in [0.2, 0.25) is 6.79 Å². The number of hydrogen-bond acceptors (Lipinski definition) is 6. The molecule has 1 N–H and O–H groups in total. The Morgan fingerprint density at radius 2 is 2.04 bits per heavy atom. The zero-order chi connectivity index (χ0) is 19.3. The van der Waals surface area contributed by atoms with Crippen molar-refractivity contribution in [2.75, 3.05) is 12.1 Å². The second kappa shape index (κ2) is 6.35. The van der Waals surface area contributed by atoms with Crippen LogP contribution in [-0.2, 0) is 0 Å². The standard InChI is InChI=1S/C20H13FN2O4S/c1-10-13-7-12(21)3-5-15(13)27-18(10)19(24)23-20-22-14(8-28-20)11-2-4-16-17(6-11)26-9-25-16/h2-8H,9H2,1H3,(H,22,23,24). The van der Waals surface area contributed by atoms with Gasteiger partial charge in [-0.2, -0.15) is 0 Å². The van der Waals surface area contributed by atoms with Gasteiger partial charge in [-0.3, -0.25) is 10.1 Å². The molecule has 0 saturated heterocycles. The van der Waals surface area contributed by atoms with E-state index < -0.39 is 5.91 Å². The summed E-state index contributed by atoms with van der Waals surface area (Å²) in [4.78, 5) is 17.1. The number of ether oxygens (including phenoxy) is 2. The smallest absolute Gasteiger partial charge is 0.293 e. The largest absolute Gasteiger partial charge is 0.454 e. The van der Waals surface area contributed by atoms with Crippen molar-refractivity contribution in [3.8, 4) is 22.8 Å². The van der Waals surface area contributed by atoms with Crippen molar-refractivity contribution in [1.29, 1.82) is 0 Å². The maximum atomic E-state index is 13.5. The molecule has 0 unspecified atom stereocenters. The van der Waals surface area contributed by atoms with Gasteiger partial charge in [0.1, 0.15) is 11.4 Å². The molecule has 0 saturated carbocycles. The third-order valence-electron chi connectivity index (χ3n) is 4.50. The second-order valence-electron chi connectivity index (χ2n) is 6.26. The van der Waals surface area contributed by atoms with Crippen molar-refractivity contribution in [3.05, 3.63) is 58.9 Å². The van der Waals surface area contributed by atoms with E-state index in [4.69, 9.17) is 13.9 Å². The first-order valence-electron chi connectivity index (χ1n) is 8.44. The number of carbonyl (C=O) groups is 1. The summed E-state index contributed by atoms with van der Waals surface area (Å²) >= 11 is 1.30. The Morgan fingerprint density at radius 3 is 2.93 bits per heavy atom. The van der Waals surface area contributed by atoms with Gasteiger partial charge in [0.25, 0.3) is 5.91 Å². The van der Waals surface area contributed by atoms with Gasteiger partial charge in [0, 0.05) is 21.9 Å². The summed E-state index contributed by atoms with van der Waals surface area (Å²) in [7, 11) is 0. The normalized spacial score (nSPS) is 12.5. The van der Waals surface area contributed by atoms with Crippen LogP contribution in [0.1, 0.15) is 16.1 Å². The first-order valence-corrected chi connectivity index (χ1v) is 9.32. The minimum atomic E-state index is -0.430. The average Bonchev–Trinajstić information content (AvgIpc) is 3.40. The number of rotatable bonds is 3. The van der Waals surface area contributed by atoms with E-state index >= 15 is 0 Å². The van der Waals surface area contributed by atoms with E-state index in [0.29, 0.717) is 38.9 Å². The summed E-state index contributed by atoms with van der Waals surface area (Å²) in [5, 5.41) is 5.59. The number of benzene rings is 2. The third kappa shape index (κ3) is 2.78. The molecule has 2 aromatic carbocycles. The third-order valence-corrected chi connectivity index (χ3v) is 5.26. The molecule has 8 heteroatoms. The van der Waals surface area contributed by atoms with Crippen LogP contribution < -0.4 is 14.8 Å². The van der Waals surface area contributed by atoms with E-state index in [2.05, 4.69) is 10.3 Å². The zero-order valence-corrected chi connectivity index (χ0v) is 15.4. The number of furan rings is 1. The summed E-state index contributed by atoms with van der Waals surface area (Å²) in [5.74, 6) is 0.697. The van der Waals surface area contributed by atoms with Gasteiger partial charge < -0.3 is 13.9 Å². The van der Waals surface area contributed by atoms with E-state index in [1.54, 1.807) is 6.92 Å². The van der Waals surface area contributed by atoms with Crippen LogP contribution in [0.25, 0.3) is 22.2 Å². The number of halogens is 1. The second-order valence-corrected chi connectivity index (χ2v) is 7.11. The highest BCUT2D eigenvalue weighted by atomic mass is 32.1. The molecule has 5 rings (SSSR count). The predicted octanol–water partition coefficient (Wildman–Crippen LogP) is 4.98. The quantitative estimate of drug-likeness (QED) is 0.528. The predicted molar refractivity (Wildman–Crippen MR) is 103 cm³/mol. The van der Waals surface area contributed by atoms with E-state index in [1.807, 2.05) is 23.6 Å². The number of fused-ring (bicyclic) bond motifs is 2. The van der Waals surface area contributed by atoms with Crippen LogP contribution in [0.3, 0.4) is 0 Å². The summed E-state index contributed by atoms with van der Waals surface area (Å²) < 4.78 is 29.7. The Hall–Kier alpha value is -3.39. The number of thiazole rings is 1. The molecular formula is C20H13FN2O4S. The van der Waals surface area contributed by atoms with Crippen LogP contribution in [0.5, 0.6) is 11.5 Å². The lowest BCUT2D eigenvalue weighted by molar-refractivity contribution is 0.0998. The van der Waals surface area contributed by atoms with Crippen LogP contribution in [0.4, 0.5) is 9.52 Å². The molecule has 1 aliphatic rings. The number of anilines is 1. The molecule has 0 aliphatic carbocycles. The average molecular weight is 396 g/mol. The zero-order valence-electron chi connectivity index (χ0n) is 14.6. The van der Waals surface area contributed by atoms with E-state index in [0.717, 1.165) is 5.56 Å². The van der Waals surface area contributed by atoms with Crippen LogP contribution in [0.15, 0.2) is 46.2 Å². The first-order chi connectivity index (χ1) is 13.6. The SMILES string of the molecule is Cc1c(C(=O)Nc2nc(-c3ccc4c(c3)OCO4)cs2)oc2ccc(F)cc12. The topological polar surface area (TPSA) is 73.6 Å². The van der Waals surface area contributed by atoms with E-state index in [-0.39, 0.29) is 18.4 Å². The lowest BCUT2D eigenvalue weighted by Gasteiger charge is -2.01. The minimum Gasteiger partial charge on any atom is -0.454 e. The highest BCUT2D eigenvalue weighted by Gasteiger charge is 2.20. The van der Waals surface area contributed by atoms with Crippen molar-refractivity contribution in [2.45, 2.75) is 6.92 Å². The lowest BCUT2D eigenvalue weighted by atomic mass is 10.1. The van der Waals surface area contributed by atoms with Gasteiger partial charge in [-0.25, -0.2) is 9.37 Å². The Morgan fingerprint density at radius 1 is 1.18 bits per heavy atom. The Bertz CT molecular complexity index is 1230. The van der Waals surface area contributed by atoms with Crippen molar-refractivity contribution >= 4 is 33.3 Å². The van der Waals surface area contributed by atoms with Crippen molar-refractivity contribution < 1.29 is 23.1 Å². The van der Waals surface area contributed by atoms with Crippen LogP contribution in [0.2, 0.25) is 0 Å². The first kappa shape index (κ1) is 16.8. The molecule has 0 radical (unpaired) electrons. The molecule has 140 valence electrons. The van der Waals surface area contributed by atoms with Crippen LogP contribution >= 0.6 is 11.3 Å². The molecule has 0 fully saturated rings. The summed E-state index contributed by atoms with van der Waals surface area (Å²) in [6.45, 7) is 1.93. The molecule has 4 aromatic rings. The number of carbonyl (C=O) groups excluding carboxylic acids is 1. The fourth-order valence-corrected chi connectivity index (χ4v) is 3.80. The number of aryl methyl sites for hydroxylation is 1. The van der Waals surface area contributed by atoms with Gasteiger partial charge in [0.05, 0.1) is 5.69 Å². The highest BCUT2D eigenvalue weighted by molar-refractivity contribution is 7.14. The molecule has 0 spiro atoms. The molecule has 0 atom stereocenters. The number of hydrogen-bond donors (Lipinski definition) is 1. The van der Waals surface area contributed by atoms with Gasteiger partial charge in [-0.1, -0.05) is 0 Å². The van der Waals surface area contributed by atoms with Gasteiger partial charge in [-0.05, 0) is 43.3 Å². The number of nitrogens with one attached hydrogen (secondary N) is 1. The monoisotopic (exact) mass is 396 g/mol. The summed E-state index contributed by atoms with van der Waals surface area (Å²) in [6.07, 6.45) is 0. The van der Waals surface area contributed by atoms with E-state index in [9.17, 15) is 9.18 Å². The molecule has 1 aliphatic heterocycles. The maximum Gasteiger partial charge on any atom is 0.293 e. The molecule has 2 aromatic heterocycles. The Labute approximate surface area is 162 Å². The molecule has 28 heavy (non-hydrogen) atoms. The Kier molecular flexibility index (Phi) is 3.80. The van der Waals surface area contributed by atoms with Crippen LogP contribution in [0, 0.1) is 12.7 Å². The van der Waals surface area contributed by atoms with Crippen molar-refractivity contribution in [3.63, 3.8) is 0 Å². The van der Waals surface area contributed by atoms with Crippen molar-refractivity contribution in [1.82, 2.24) is 4.98 Å². The van der Waals surface area contributed by atoms with Gasteiger partial charge in [0.15, 0.2) is 22.4 Å². The fourth-order valence-electron chi connectivity index (χ4n) is 3.08. The molecule has 1 amide bonds. The molecular weight excluding hydrogens is 383 g/mol. The number of aromatic nitrogens is 1. The number of nitrogens with zero attached hydrogens (tertiary/aromatic N) is 1. The highest BCUT2D eigenvalue weighted by Crippen LogP contribution is 2.36. The molecule has 0 bridgehead atoms. The van der Waals surface area contributed by atoms with Gasteiger partial charge in [-0.15, -0.1) is 11.3 Å². The summed E-state index contributed by atoms with van der Waals surface area (Å²) in [5.41, 5.74) is 2.61. The lowest BCUT2D eigenvalue weighted by Crippen LogP contribution is -2.11. The number of amides is 1. The van der Waals surface area contributed by atoms with Crippen molar-refractivity contribution in [2.24, 2.45) is 0 Å². The van der Waals surface area contributed by atoms with E-state index in [1.165, 1.54) is 29.5 Å². The molecule has 6 nitrogen and oxygen atoms in total. The van der Waals surface area contributed by atoms with Gasteiger partial charge >= 0.3 is 0 Å². The maximum absolute atomic E-state index is 13.5. The Balaban J connectivity index is 1.40. The molecule has 3 heterocycles. The summed E-state index contributed by atoms with van der Waals surface area (Å²) in [6, 6.07) is 9.71. The minimum absolute atomic E-state index is 0.139. The van der Waals surface area contributed by atoms with Crippen LogP contribution in [-0.4, -0.2) is 17.7 Å². The fraction of sp³-hybridized carbons (Fsp3) is 0.100.